The molecule has 0 bridgehead atoms. The van der Waals surface area contributed by atoms with Crippen molar-refractivity contribution in [1.82, 2.24) is 10.5 Å². The van der Waals surface area contributed by atoms with Crippen LogP contribution in [0, 0.1) is 13.8 Å². The molecule has 0 saturated carbocycles. The van der Waals surface area contributed by atoms with E-state index in [1.54, 1.807) is 6.26 Å². The Balaban J connectivity index is 1.80. The van der Waals surface area contributed by atoms with E-state index in [9.17, 15) is 0 Å². The summed E-state index contributed by atoms with van der Waals surface area (Å²) in [6.07, 6.45) is 2.72. The first kappa shape index (κ1) is 12.2. The molecule has 2 heterocycles. The molecule has 100 valence electrons. The number of hydrogen-bond donors (Lipinski definition) is 1. The molecular weight excluding hydrogens is 240 g/mol. The van der Waals surface area contributed by atoms with Gasteiger partial charge in [-0.25, -0.2) is 0 Å². The van der Waals surface area contributed by atoms with Gasteiger partial charge in [0.05, 0.1) is 11.3 Å². The topological polar surface area (TPSA) is 47.3 Å². The minimum absolute atomic E-state index is 0.507. The number of benzene rings is 1. The van der Waals surface area contributed by atoms with Crippen LogP contribution in [0.3, 0.4) is 0 Å². The van der Waals surface area contributed by atoms with Crippen molar-refractivity contribution in [1.29, 1.82) is 0 Å². The Labute approximate surface area is 112 Å². The van der Waals surface area contributed by atoms with Crippen LogP contribution in [-0.2, 0) is 19.6 Å². The number of aryl methyl sites for hydroxylation is 1. The maximum absolute atomic E-state index is 5.91. The highest BCUT2D eigenvalue weighted by Crippen LogP contribution is 2.27. The maximum Gasteiger partial charge on any atom is 0.130 e. The highest BCUT2D eigenvalue weighted by molar-refractivity contribution is 5.45. The SMILES string of the molecule is Cc1nocc1COc1ccc2c(c1C)CCNC2. The van der Waals surface area contributed by atoms with Crippen molar-refractivity contribution in [3.05, 3.63) is 46.3 Å². The fourth-order valence-electron chi connectivity index (χ4n) is 2.50. The Morgan fingerprint density at radius 3 is 3.05 bits per heavy atom. The summed E-state index contributed by atoms with van der Waals surface area (Å²) in [5.41, 5.74) is 5.96. The Bertz CT molecular complexity index is 590. The van der Waals surface area contributed by atoms with Gasteiger partial charge in [0, 0.05) is 6.54 Å². The molecule has 0 radical (unpaired) electrons. The number of fused-ring (bicyclic) bond motifs is 1. The quantitative estimate of drug-likeness (QED) is 0.919. The number of aromatic nitrogens is 1. The van der Waals surface area contributed by atoms with Gasteiger partial charge in [-0.3, -0.25) is 0 Å². The lowest BCUT2D eigenvalue weighted by molar-refractivity contribution is 0.301. The lowest BCUT2D eigenvalue weighted by atomic mass is 9.95. The first-order chi connectivity index (χ1) is 9.25. The molecule has 1 N–H and O–H groups in total. The first-order valence-corrected chi connectivity index (χ1v) is 6.60. The van der Waals surface area contributed by atoms with Crippen LogP contribution in [0.1, 0.15) is 27.9 Å². The summed E-state index contributed by atoms with van der Waals surface area (Å²) in [6.45, 7) is 6.57. The van der Waals surface area contributed by atoms with Crippen LogP contribution in [0.2, 0.25) is 0 Å². The molecule has 4 heteroatoms. The van der Waals surface area contributed by atoms with Crippen molar-refractivity contribution in [3.8, 4) is 5.75 Å². The third-order valence-corrected chi connectivity index (χ3v) is 3.75. The average Bonchev–Trinajstić information content (AvgIpc) is 2.84. The van der Waals surface area contributed by atoms with E-state index < -0.39 is 0 Å². The van der Waals surface area contributed by atoms with Crippen LogP contribution < -0.4 is 10.1 Å². The van der Waals surface area contributed by atoms with Gasteiger partial charge in [-0.15, -0.1) is 0 Å². The molecule has 2 aromatic rings. The number of nitrogens with zero attached hydrogens (tertiary/aromatic N) is 1. The van der Waals surface area contributed by atoms with Crippen LogP contribution in [0.15, 0.2) is 22.9 Å². The third-order valence-electron chi connectivity index (χ3n) is 3.75. The van der Waals surface area contributed by atoms with Crippen molar-refractivity contribution in [2.45, 2.75) is 33.4 Å². The van der Waals surface area contributed by atoms with Gasteiger partial charge in [0.15, 0.2) is 0 Å². The molecule has 0 aliphatic carbocycles. The van der Waals surface area contributed by atoms with E-state index in [0.29, 0.717) is 6.61 Å². The van der Waals surface area contributed by atoms with E-state index >= 15 is 0 Å². The van der Waals surface area contributed by atoms with Crippen molar-refractivity contribution in [2.24, 2.45) is 0 Å². The number of nitrogens with one attached hydrogen (secondary N) is 1. The highest BCUT2D eigenvalue weighted by Gasteiger charge is 2.14. The predicted octanol–water partition coefficient (Wildman–Crippen LogP) is 2.52. The van der Waals surface area contributed by atoms with Crippen LogP contribution in [0.5, 0.6) is 5.75 Å². The molecule has 0 fully saturated rings. The third kappa shape index (κ3) is 2.36. The van der Waals surface area contributed by atoms with Crippen molar-refractivity contribution >= 4 is 0 Å². The van der Waals surface area contributed by atoms with Crippen LogP contribution in [0.4, 0.5) is 0 Å². The number of hydrogen-bond acceptors (Lipinski definition) is 4. The van der Waals surface area contributed by atoms with Crippen LogP contribution >= 0.6 is 0 Å². The second-order valence-corrected chi connectivity index (χ2v) is 4.97. The fraction of sp³-hybridized carbons (Fsp3) is 0.400. The Morgan fingerprint density at radius 1 is 1.37 bits per heavy atom. The zero-order valence-corrected chi connectivity index (χ0v) is 11.3. The molecule has 0 unspecified atom stereocenters. The minimum atomic E-state index is 0.507. The molecule has 1 aromatic heterocycles. The van der Waals surface area contributed by atoms with Gasteiger partial charge in [-0.1, -0.05) is 11.2 Å². The number of rotatable bonds is 3. The van der Waals surface area contributed by atoms with E-state index in [-0.39, 0.29) is 0 Å². The Morgan fingerprint density at radius 2 is 2.26 bits per heavy atom. The van der Waals surface area contributed by atoms with Crippen molar-refractivity contribution in [3.63, 3.8) is 0 Å². The van der Waals surface area contributed by atoms with Gasteiger partial charge in [0.25, 0.3) is 0 Å². The normalized spacial score (nSPS) is 14.2. The van der Waals surface area contributed by atoms with Crippen molar-refractivity contribution < 1.29 is 9.26 Å². The van der Waals surface area contributed by atoms with E-state index in [4.69, 9.17) is 9.26 Å². The molecule has 0 amide bonds. The second-order valence-electron chi connectivity index (χ2n) is 4.97. The lowest BCUT2D eigenvalue weighted by Gasteiger charge is -2.21. The monoisotopic (exact) mass is 258 g/mol. The zero-order chi connectivity index (χ0) is 13.2. The summed E-state index contributed by atoms with van der Waals surface area (Å²) < 4.78 is 10.8. The molecule has 0 atom stereocenters. The Hall–Kier alpha value is -1.81. The van der Waals surface area contributed by atoms with E-state index in [2.05, 4.69) is 29.5 Å². The molecule has 4 nitrogen and oxygen atoms in total. The molecule has 0 saturated heterocycles. The molecular formula is C15H18N2O2. The second kappa shape index (κ2) is 5.05. The standard InChI is InChI=1S/C15H18N2O2/c1-10-14-5-6-16-7-12(14)3-4-15(10)18-8-13-9-19-17-11(13)2/h3-4,9,16H,5-8H2,1-2H3. The molecule has 1 aliphatic rings. The zero-order valence-electron chi connectivity index (χ0n) is 11.3. The largest absolute Gasteiger partial charge is 0.488 e. The van der Waals surface area contributed by atoms with Crippen LogP contribution in [-0.4, -0.2) is 11.7 Å². The van der Waals surface area contributed by atoms with E-state index in [1.165, 1.54) is 16.7 Å². The van der Waals surface area contributed by atoms with Gasteiger partial charge in [0.1, 0.15) is 18.6 Å². The molecule has 3 rings (SSSR count). The summed E-state index contributed by atoms with van der Waals surface area (Å²) in [5.74, 6) is 0.959. The van der Waals surface area contributed by atoms with Gasteiger partial charge < -0.3 is 14.6 Å². The summed E-state index contributed by atoms with van der Waals surface area (Å²) >= 11 is 0. The summed E-state index contributed by atoms with van der Waals surface area (Å²) in [5, 5.41) is 7.25. The first-order valence-electron chi connectivity index (χ1n) is 6.60. The summed E-state index contributed by atoms with van der Waals surface area (Å²) in [6, 6.07) is 4.22. The summed E-state index contributed by atoms with van der Waals surface area (Å²) in [7, 11) is 0. The molecule has 1 aliphatic heterocycles. The molecule has 19 heavy (non-hydrogen) atoms. The van der Waals surface area contributed by atoms with Gasteiger partial charge >= 0.3 is 0 Å². The average molecular weight is 258 g/mol. The maximum atomic E-state index is 5.91. The van der Waals surface area contributed by atoms with E-state index in [0.717, 1.165) is 36.5 Å². The fourth-order valence-corrected chi connectivity index (χ4v) is 2.50. The molecule has 1 aromatic carbocycles. The van der Waals surface area contributed by atoms with E-state index in [1.807, 2.05) is 6.92 Å². The van der Waals surface area contributed by atoms with Crippen molar-refractivity contribution in [2.75, 3.05) is 6.54 Å². The minimum Gasteiger partial charge on any atom is -0.488 e. The number of ether oxygens (including phenoxy) is 1. The van der Waals surface area contributed by atoms with Gasteiger partial charge in [0.2, 0.25) is 0 Å². The highest BCUT2D eigenvalue weighted by atomic mass is 16.5. The predicted molar refractivity (Wildman–Crippen MR) is 72.2 cm³/mol. The summed E-state index contributed by atoms with van der Waals surface area (Å²) in [4.78, 5) is 0. The van der Waals surface area contributed by atoms with Gasteiger partial charge in [-0.05, 0) is 49.6 Å². The smallest absolute Gasteiger partial charge is 0.130 e. The lowest BCUT2D eigenvalue weighted by Crippen LogP contribution is -2.24. The Kier molecular flexibility index (Phi) is 3.25. The van der Waals surface area contributed by atoms with Crippen LogP contribution in [0.25, 0.3) is 0 Å². The van der Waals surface area contributed by atoms with Gasteiger partial charge in [-0.2, -0.15) is 0 Å². The molecule has 0 spiro atoms.